The Morgan fingerprint density at radius 1 is 1.41 bits per heavy atom. The molecule has 1 N–H and O–H groups in total. The third-order valence-corrected chi connectivity index (χ3v) is 3.19. The summed E-state index contributed by atoms with van der Waals surface area (Å²) in [6, 6.07) is 5.41. The second-order valence-electron chi connectivity index (χ2n) is 4.36. The molecule has 0 bridgehead atoms. The van der Waals surface area contributed by atoms with Gasteiger partial charge in [0.25, 0.3) is 5.91 Å². The number of alkyl halides is 2. The lowest BCUT2D eigenvalue weighted by Crippen LogP contribution is -2.23. The quantitative estimate of drug-likeness (QED) is 0.886. The van der Waals surface area contributed by atoms with Crippen LogP contribution in [-0.2, 0) is 13.1 Å². The molecule has 8 heteroatoms. The third-order valence-electron chi connectivity index (χ3n) is 2.87. The number of rotatable bonds is 6. The normalized spacial score (nSPS) is 10.8. The first kappa shape index (κ1) is 16.2. The molecule has 1 amide bonds. The first-order chi connectivity index (χ1) is 10.5. The zero-order chi connectivity index (χ0) is 16.1. The van der Waals surface area contributed by atoms with E-state index in [1.54, 1.807) is 10.9 Å². The maximum Gasteiger partial charge on any atom is 0.387 e. The van der Waals surface area contributed by atoms with Gasteiger partial charge in [0.1, 0.15) is 11.4 Å². The van der Waals surface area contributed by atoms with Gasteiger partial charge in [0, 0.05) is 18.3 Å². The molecule has 1 aromatic carbocycles. The van der Waals surface area contributed by atoms with Crippen LogP contribution in [0.2, 0.25) is 5.02 Å². The zero-order valence-electron chi connectivity index (χ0n) is 11.7. The maximum atomic E-state index is 12.0. The van der Waals surface area contributed by atoms with Crippen molar-refractivity contribution in [2.24, 2.45) is 0 Å². The number of amides is 1. The van der Waals surface area contributed by atoms with Gasteiger partial charge in [0.2, 0.25) is 0 Å². The van der Waals surface area contributed by atoms with Crippen molar-refractivity contribution in [3.63, 3.8) is 0 Å². The van der Waals surface area contributed by atoms with E-state index in [0.29, 0.717) is 22.8 Å². The minimum absolute atomic E-state index is 0.00344. The van der Waals surface area contributed by atoms with E-state index in [1.165, 1.54) is 24.3 Å². The van der Waals surface area contributed by atoms with Crippen LogP contribution in [0.15, 0.2) is 30.5 Å². The molecule has 2 rings (SSSR count). The monoisotopic (exact) mass is 329 g/mol. The molecular weight excluding hydrogens is 316 g/mol. The van der Waals surface area contributed by atoms with Crippen molar-refractivity contribution < 1.29 is 18.3 Å². The fourth-order valence-corrected chi connectivity index (χ4v) is 1.99. The summed E-state index contributed by atoms with van der Waals surface area (Å²) in [6.07, 6.45) is 1.68. The van der Waals surface area contributed by atoms with Crippen LogP contribution in [0.3, 0.4) is 0 Å². The van der Waals surface area contributed by atoms with Crippen LogP contribution in [-0.4, -0.2) is 22.3 Å². The molecule has 0 unspecified atom stereocenters. The van der Waals surface area contributed by atoms with Crippen LogP contribution in [0.25, 0.3) is 0 Å². The summed E-state index contributed by atoms with van der Waals surface area (Å²) in [4.78, 5) is 12.0. The highest BCUT2D eigenvalue weighted by molar-refractivity contribution is 6.31. The number of halogens is 3. The average molecular weight is 330 g/mol. The van der Waals surface area contributed by atoms with Gasteiger partial charge in [-0.15, -0.1) is 0 Å². The van der Waals surface area contributed by atoms with Crippen LogP contribution < -0.4 is 10.1 Å². The minimum Gasteiger partial charge on any atom is -0.435 e. The lowest BCUT2D eigenvalue weighted by molar-refractivity contribution is -0.0498. The van der Waals surface area contributed by atoms with Gasteiger partial charge in [0.15, 0.2) is 0 Å². The first-order valence-electron chi connectivity index (χ1n) is 6.54. The summed E-state index contributed by atoms with van der Waals surface area (Å²) in [5.74, 6) is -0.359. The Morgan fingerprint density at radius 3 is 2.64 bits per heavy atom. The average Bonchev–Trinajstić information content (AvgIpc) is 2.85. The zero-order valence-corrected chi connectivity index (χ0v) is 12.5. The van der Waals surface area contributed by atoms with E-state index in [1.807, 2.05) is 6.92 Å². The van der Waals surface area contributed by atoms with Crippen LogP contribution in [0.1, 0.15) is 23.0 Å². The first-order valence-corrected chi connectivity index (χ1v) is 6.92. The van der Waals surface area contributed by atoms with Gasteiger partial charge >= 0.3 is 6.61 Å². The summed E-state index contributed by atoms with van der Waals surface area (Å²) in [5, 5.41) is 7.35. The minimum atomic E-state index is -2.89. The molecule has 0 atom stereocenters. The molecule has 0 aliphatic carbocycles. The summed E-state index contributed by atoms with van der Waals surface area (Å²) in [6.45, 7) is -0.107. The molecule has 0 saturated carbocycles. The molecule has 2 aromatic rings. The smallest absolute Gasteiger partial charge is 0.387 e. The maximum absolute atomic E-state index is 12.0. The van der Waals surface area contributed by atoms with E-state index < -0.39 is 6.61 Å². The molecule has 0 radical (unpaired) electrons. The van der Waals surface area contributed by atoms with Crippen molar-refractivity contribution in [2.75, 3.05) is 0 Å². The van der Waals surface area contributed by atoms with Crippen LogP contribution in [0.4, 0.5) is 8.78 Å². The van der Waals surface area contributed by atoms with Gasteiger partial charge in [-0.25, -0.2) is 0 Å². The molecule has 0 saturated heterocycles. The molecule has 0 aliphatic heterocycles. The lowest BCUT2D eigenvalue weighted by atomic mass is 10.2. The second-order valence-corrected chi connectivity index (χ2v) is 4.77. The van der Waals surface area contributed by atoms with E-state index in [0.717, 1.165) is 0 Å². The highest BCUT2D eigenvalue weighted by Gasteiger charge is 2.11. The van der Waals surface area contributed by atoms with Gasteiger partial charge in [-0.05, 0) is 31.2 Å². The number of ether oxygens (including phenoxy) is 1. The Labute approximate surface area is 130 Å². The highest BCUT2D eigenvalue weighted by atomic mass is 35.5. The molecule has 0 aliphatic rings. The lowest BCUT2D eigenvalue weighted by Gasteiger charge is -2.06. The number of nitrogens with one attached hydrogen (secondary N) is 1. The topological polar surface area (TPSA) is 56.2 Å². The molecule has 22 heavy (non-hydrogen) atoms. The van der Waals surface area contributed by atoms with E-state index >= 15 is 0 Å². The number of carbonyl (C=O) groups is 1. The third kappa shape index (κ3) is 4.17. The summed E-state index contributed by atoms with van der Waals surface area (Å²) in [5.41, 5.74) is 0.891. The van der Waals surface area contributed by atoms with Crippen molar-refractivity contribution in [1.29, 1.82) is 0 Å². The number of hydrogen-bond acceptors (Lipinski definition) is 3. The Hall–Kier alpha value is -2.15. The SMILES string of the molecule is CCn1cc(Cl)c(CNC(=O)c2ccc(OC(F)F)cc2)n1. The van der Waals surface area contributed by atoms with Gasteiger partial charge in [-0.2, -0.15) is 13.9 Å². The number of hydrogen-bond donors (Lipinski definition) is 1. The van der Waals surface area contributed by atoms with Crippen molar-refractivity contribution in [2.45, 2.75) is 26.6 Å². The molecule has 0 fully saturated rings. The number of aryl methyl sites for hydroxylation is 1. The molecule has 0 spiro atoms. The predicted octanol–water partition coefficient (Wildman–Crippen LogP) is 3.09. The fourth-order valence-electron chi connectivity index (χ4n) is 1.77. The Bertz CT molecular complexity index is 644. The van der Waals surface area contributed by atoms with E-state index in [2.05, 4.69) is 15.2 Å². The summed E-state index contributed by atoms with van der Waals surface area (Å²) >= 11 is 6.00. The number of carbonyl (C=O) groups excluding carboxylic acids is 1. The van der Waals surface area contributed by atoms with Crippen LogP contribution in [0, 0.1) is 0 Å². The second kappa shape index (κ2) is 7.22. The Balaban J connectivity index is 1.95. The van der Waals surface area contributed by atoms with Crippen molar-refractivity contribution >= 4 is 17.5 Å². The molecular formula is C14H14ClF2N3O2. The molecule has 5 nitrogen and oxygen atoms in total. The largest absolute Gasteiger partial charge is 0.435 e. The summed E-state index contributed by atoms with van der Waals surface area (Å²) < 4.78 is 29.9. The Kier molecular flexibility index (Phi) is 5.32. The van der Waals surface area contributed by atoms with Gasteiger partial charge < -0.3 is 10.1 Å². The van der Waals surface area contributed by atoms with Crippen molar-refractivity contribution in [3.05, 3.63) is 46.7 Å². The molecule has 118 valence electrons. The van der Waals surface area contributed by atoms with E-state index in [9.17, 15) is 13.6 Å². The molecule has 1 heterocycles. The van der Waals surface area contributed by atoms with Crippen molar-refractivity contribution in [3.8, 4) is 5.75 Å². The van der Waals surface area contributed by atoms with E-state index in [4.69, 9.17) is 11.6 Å². The summed E-state index contributed by atoms with van der Waals surface area (Å²) in [7, 11) is 0. The number of nitrogens with zero attached hydrogens (tertiary/aromatic N) is 2. The predicted molar refractivity (Wildman–Crippen MR) is 77.2 cm³/mol. The standard InChI is InChI=1S/C14H14ClF2N3O2/c1-2-20-8-11(15)12(19-20)7-18-13(21)9-3-5-10(6-4-9)22-14(16)17/h3-6,8,14H,2,7H2,1H3,(H,18,21). The fraction of sp³-hybridized carbons (Fsp3) is 0.286. The number of aromatic nitrogens is 2. The highest BCUT2D eigenvalue weighted by Crippen LogP contribution is 2.16. The van der Waals surface area contributed by atoms with Crippen LogP contribution in [0.5, 0.6) is 5.75 Å². The number of benzene rings is 1. The van der Waals surface area contributed by atoms with Crippen LogP contribution >= 0.6 is 11.6 Å². The van der Waals surface area contributed by atoms with E-state index in [-0.39, 0.29) is 18.2 Å². The van der Waals surface area contributed by atoms with Gasteiger partial charge in [0.05, 0.1) is 11.6 Å². The Morgan fingerprint density at radius 2 is 2.09 bits per heavy atom. The van der Waals surface area contributed by atoms with Crippen molar-refractivity contribution in [1.82, 2.24) is 15.1 Å². The van der Waals surface area contributed by atoms with Gasteiger partial charge in [-0.1, -0.05) is 11.6 Å². The van der Waals surface area contributed by atoms with Gasteiger partial charge in [-0.3, -0.25) is 9.48 Å². The molecule has 1 aromatic heterocycles.